The predicted molar refractivity (Wildman–Crippen MR) is 64.5 cm³/mol. The highest BCUT2D eigenvalue weighted by Gasteiger charge is 2.08. The van der Waals surface area contributed by atoms with Gasteiger partial charge in [0.2, 0.25) is 0 Å². The average molecular weight is 228 g/mol. The first-order chi connectivity index (χ1) is 7.83. The summed E-state index contributed by atoms with van der Waals surface area (Å²) in [6.45, 7) is 6.67. The Hall–Kier alpha value is -0.770. The third kappa shape index (κ3) is 5.95. The second kappa shape index (κ2) is 8.39. The Balaban J connectivity index is 1.89. The number of piperidine rings is 1. The number of carbonyl (C=O) groups excluding carboxylic acids is 1. The molecular weight excluding hydrogens is 204 g/mol. The van der Waals surface area contributed by atoms with E-state index in [2.05, 4.69) is 10.2 Å². The first kappa shape index (κ1) is 13.3. The van der Waals surface area contributed by atoms with Crippen LogP contribution in [0.4, 0.5) is 4.79 Å². The molecule has 1 amide bonds. The Morgan fingerprint density at radius 2 is 2.00 bits per heavy atom. The van der Waals surface area contributed by atoms with Crippen molar-refractivity contribution in [2.75, 3.05) is 32.8 Å². The molecule has 4 nitrogen and oxygen atoms in total. The Kier molecular flexibility index (Phi) is 6.97. The highest BCUT2D eigenvalue weighted by atomic mass is 16.5. The van der Waals surface area contributed by atoms with Gasteiger partial charge in [-0.15, -0.1) is 0 Å². The fourth-order valence-electron chi connectivity index (χ4n) is 2.02. The Labute approximate surface area is 98.3 Å². The van der Waals surface area contributed by atoms with Crippen molar-refractivity contribution < 1.29 is 9.53 Å². The molecule has 0 unspecified atom stereocenters. The van der Waals surface area contributed by atoms with Crippen molar-refractivity contribution in [2.24, 2.45) is 0 Å². The quantitative estimate of drug-likeness (QED) is 0.707. The minimum absolute atomic E-state index is 0.291. The predicted octanol–water partition coefficient (Wildman–Crippen LogP) is 2.00. The molecule has 1 rings (SSSR count). The number of rotatable bonds is 6. The molecule has 0 saturated carbocycles. The molecule has 1 fully saturated rings. The summed E-state index contributed by atoms with van der Waals surface area (Å²) >= 11 is 0. The standard InChI is InChI=1S/C12H24N2O2/c1-2-16-12(15)13-8-4-7-11-14-9-5-3-6-10-14/h2-11H2,1H3,(H,13,15). The topological polar surface area (TPSA) is 41.6 Å². The smallest absolute Gasteiger partial charge is 0.407 e. The van der Waals surface area contributed by atoms with Gasteiger partial charge < -0.3 is 15.0 Å². The monoisotopic (exact) mass is 228 g/mol. The van der Waals surface area contributed by atoms with Crippen molar-refractivity contribution in [3.63, 3.8) is 0 Å². The highest BCUT2D eigenvalue weighted by molar-refractivity contribution is 5.66. The minimum atomic E-state index is -0.291. The summed E-state index contributed by atoms with van der Waals surface area (Å²) in [4.78, 5) is 13.5. The van der Waals surface area contributed by atoms with E-state index in [4.69, 9.17) is 4.74 Å². The summed E-state index contributed by atoms with van der Waals surface area (Å²) in [5.74, 6) is 0. The van der Waals surface area contributed by atoms with Crippen molar-refractivity contribution in [2.45, 2.75) is 39.0 Å². The van der Waals surface area contributed by atoms with E-state index in [1.165, 1.54) is 38.9 Å². The normalized spacial score (nSPS) is 17.1. The van der Waals surface area contributed by atoms with Gasteiger partial charge in [-0.1, -0.05) is 6.42 Å². The maximum absolute atomic E-state index is 11.0. The Morgan fingerprint density at radius 1 is 1.25 bits per heavy atom. The van der Waals surface area contributed by atoms with Crippen LogP contribution in [0.25, 0.3) is 0 Å². The van der Waals surface area contributed by atoms with Crippen LogP contribution >= 0.6 is 0 Å². The van der Waals surface area contributed by atoms with Gasteiger partial charge in [0.05, 0.1) is 6.61 Å². The largest absolute Gasteiger partial charge is 0.450 e. The first-order valence-electron chi connectivity index (χ1n) is 6.46. The number of hydrogen-bond acceptors (Lipinski definition) is 3. The summed E-state index contributed by atoms with van der Waals surface area (Å²) in [7, 11) is 0. The molecule has 1 saturated heterocycles. The molecule has 0 aliphatic carbocycles. The lowest BCUT2D eigenvalue weighted by molar-refractivity contribution is 0.151. The van der Waals surface area contributed by atoms with Crippen molar-refractivity contribution >= 4 is 6.09 Å². The van der Waals surface area contributed by atoms with Gasteiger partial charge in [0.1, 0.15) is 0 Å². The second-order valence-electron chi connectivity index (χ2n) is 4.26. The fourth-order valence-corrected chi connectivity index (χ4v) is 2.02. The summed E-state index contributed by atoms with van der Waals surface area (Å²) in [5, 5.41) is 2.74. The van der Waals surface area contributed by atoms with Crippen LogP contribution < -0.4 is 5.32 Å². The molecule has 4 heteroatoms. The number of nitrogens with zero attached hydrogens (tertiary/aromatic N) is 1. The third-order valence-electron chi connectivity index (χ3n) is 2.89. The molecule has 0 aromatic carbocycles. The van der Waals surface area contributed by atoms with Crippen LogP contribution in [0.2, 0.25) is 0 Å². The van der Waals surface area contributed by atoms with E-state index in [9.17, 15) is 4.79 Å². The van der Waals surface area contributed by atoms with Crippen LogP contribution in [0.15, 0.2) is 0 Å². The average Bonchev–Trinajstić information content (AvgIpc) is 2.30. The number of carbonyl (C=O) groups is 1. The van der Waals surface area contributed by atoms with Gasteiger partial charge in [0.25, 0.3) is 0 Å². The maximum atomic E-state index is 11.0. The summed E-state index contributed by atoms with van der Waals surface area (Å²) in [5.41, 5.74) is 0. The molecule has 0 aromatic heterocycles. The first-order valence-corrected chi connectivity index (χ1v) is 6.46. The maximum Gasteiger partial charge on any atom is 0.407 e. The number of unbranched alkanes of at least 4 members (excludes halogenated alkanes) is 1. The number of alkyl carbamates (subject to hydrolysis) is 1. The minimum Gasteiger partial charge on any atom is -0.450 e. The van der Waals surface area contributed by atoms with Crippen LogP contribution in [0.3, 0.4) is 0 Å². The zero-order valence-corrected chi connectivity index (χ0v) is 10.3. The third-order valence-corrected chi connectivity index (χ3v) is 2.89. The number of nitrogens with one attached hydrogen (secondary N) is 1. The molecule has 16 heavy (non-hydrogen) atoms. The molecule has 1 aliphatic heterocycles. The molecule has 1 aliphatic rings. The lowest BCUT2D eigenvalue weighted by Gasteiger charge is -2.26. The summed E-state index contributed by atoms with van der Waals surface area (Å²) in [6.07, 6.45) is 5.99. The molecule has 0 radical (unpaired) electrons. The zero-order valence-electron chi connectivity index (χ0n) is 10.3. The number of hydrogen-bond donors (Lipinski definition) is 1. The Bertz CT molecular complexity index is 191. The molecule has 1 N–H and O–H groups in total. The van der Waals surface area contributed by atoms with E-state index >= 15 is 0 Å². The lowest BCUT2D eigenvalue weighted by atomic mass is 10.1. The molecule has 0 aromatic rings. The highest BCUT2D eigenvalue weighted by Crippen LogP contribution is 2.08. The van der Waals surface area contributed by atoms with Crippen LogP contribution in [0.5, 0.6) is 0 Å². The molecule has 0 bridgehead atoms. The van der Waals surface area contributed by atoms with Gasteiger partial charge >= 0.3 is 6.09 Å². The second-order valence-corrected chi connectivity index (χ2v) is 4.26. The van der Waals surface area contributed by atoms with Crippen molar-refractivity contribution in [1.29, 1.82) is 0 Å². The zero-order chi connectivity index (χ0) is 11.6. The Morgan fingerprint density at radius 3 is 2.69 bits per heavy atom. The molecule has 1 heterocycles. The molecule has 94 valence electrons. The summed E-state index contributed by atoms with van der Waals surface area (Å²) < 4.78 is 4.78. The van der Waals surface area contributed by atoms with Gasteiger partial charge in [0.15, 0.2) is 0 Å². The van der Waals surface area contributed by atoms with Gasteiger partial charge in [-0.05, 0) is 52.2 Å². The number of likely N-dealkylation sites (tertiary alicyclic amines) is 1. The van der Waals surface area contributed by atoms with Crippen LogP contribution in [-0.2, 0) is 4.74 Å². The van der Waals surface area contributed by atoms with Crippen molar-refractivity contribution in [3.05, 3.63) is 0 Å². The lowest BCUT2D eigenvalue weighted by Crippen LogP contribution is -2.31. The van der Waals surface area contributed by atoms with Crippen LogP contribution in [0, 0.1) is 0 Å². The van der Waals surface area contributed by atoms with E-state index in [1.54, 1.807) is 0 Å². The van der Waals surface area contributed by atoms with E-state index < -0.39 is 0 Å². The van der Waals surface area contributed by atoms with Crippen LogP contribution in [0.1, 0.15) is 39.0 Å². The van der Waals surface area contributed by atoms with Gasteiger partial charge in [-0.3, -0.25) is 0 Å². The number of amides is 1. The SMILES string of the molecule is CCOC(=O)NCCCCN1CCCCC1. The number of ether oxygens (including phenoxy) is 1. The van der Waals surface area contributed by atoms with E-state index in [0.29, 0.717) is 6.61 Å². The molecule has 0 spiro atoms. The summed E-state index contributed by atoms with van der Waals surface area (Å²) in [6, 6.07) is 0. The van der Waals surface area contributed by atoms with Crippen LogP contribution in [-0.4, -0.2) is 43.8 Å². The van der Waals surface area contributed by atoms with E-state index in [-0.39, 0.29) is 6.09 Å². The fraction of sp³-hybridized carbons (Fsp3) is 0.917. The van der Waals surface area contributed by atoms with Gasteiger partial charge in [-0.2, -0.15) is 0 Å². The molecular formula is C12H24N2O2. The van der Waals surface area contributed by atoms with Gasteiger partial charge in [-0.25, -0.2) is 4.79 Å². The van der Waals surface area contributed by atoms with Crippen molar-refractivity contribution in [3.8, 4) is 0 Å². The van der Waals surface area contributed by atoms with Gasteiger partial charge in [0, 0.05) is 6.54 Å². The van der Waals surface area contributed by atoms with E-state index in [1.807, 2.05) is 6.92 Å². The van der Waals surface area contributed by atoms with E-state index in [0.717, 1.165) is 19.4 Å². The van der Waals surface area contributed by atoms with Crippen molar-refractivity contribution in [1.82, 2.24) is 10.2 Å². The molecule has 0 atom stereocenters.